The highest BCUT2D eigenvalue weighted by molar-refractivity contribution is 5.99. The molecule has 0 aliphatic heterocycles. The van der Waals surface area contributed by atoms with Gasteiger partial charge in [0.05, 0.1) is 5.56 Å². The molecule has 0 saturated heterocycles. The van der Waals surface area contributed by atoms with Crippen molar-refractivity contribution < 1.29 is 25.5 Å². The molecule has 186 valence electrons. The third kappa shape index (κ3) is 3.91. The number of benzene rings is 4. The van der Waals surface area contributed by atoms with Crippen molar-refractivity contribution in [3.05, 3.63) is 75.3 Å². The second kappa shape index (κ2) is 8.83. The summed E-state index contributed by atoms with van der Waals surface area (Å²) in [6, 6.07) is 10.8. The Morgan fingerprint density at radius 3 is 0.944 bits per heavy atom. The van der Waals surface area contributed by atoms with Crippen LogP contribution in [0.5, 0.6) is 28.7 Å². The molecule has 0 amide bonds. The second-order valence-corrected chi connectivity index (χ2v) is 9.88. The van der Waals surface area contributed by atoms with Crippen LogP contribution < -0.4 is 0 Å². The Morgan fingerprint density at radius 2 is 0.639 bits per heavy atom. The summed E-state index contributed by atoms with van der Waals surface area (Å²) in [4.78, 5) is 0. The average molecular weight is 485 g/mol. The zero-order valence-corrected chi connectivity index (χ0v) is 21.7. The number of aromatic hydroxyl groups is 5. The molecule has 4 aromatic carbocycles. The third-order valence-electron chi connectivity index (χ3n) is 6.84. The lowest BCUT2D eigenvalue weighted by Gasteiger charge is -2.23. The van der Waals surface area contributed by atoms with E-state index in [2.05, 4.69) is 0 Å². The first-order chi connectivity index (χ1) is 16.8. The highest BCUT2D eigenvalue weighted by Gasteiger charge is 2.29. The molecule has 5 heteroatoms. The van der Waals surface area contributed by atoms with Gasteiger partial charge in [0.1, 0.15) is 28.7 Å². The molecule has 0 saturated carbocycles. The van der Waals surface area contributed by atoms with Crippen LogP contribution in [0.2, 0.25) is 0 Å². The van der Waals surface area contributed by atoms with Crippen LogP contribution in [0.15, 0.2) is 36.4 Å². The normalized spacial score (nSPS) is 11.2. The fourth-order valence-electron chi connectivity index (χ4n) is 5.21. The molecule has 0 bridgehead atoms. The summed E-state index contributed by atoms with van der Waals surface area (Å²) in [7, 11) is 0. The molecule has 4 rings (SSSR count). The highest BCUT2D eigenvalue weighted by Crippen LogP contribution is 2.56. The maximum absolute atomic E-state index is 11.7. The van der Waals surface area contributed by atoms with Crippen molar-refractivity contribution in [2.24, 2.45) is 0 Å². The van der Waals surface area contributed by atoms with Gasteiger partial charge in [-0.1, -0.05) is 18.2 Å². The highest BCUT2D eigenvalue weighted by atomic mass is 16.3. The van der Waals surface area contributed by atoms with Gasteiger partial charge in [-0.2, -0.15) is 0 Å². The fourth-order valence-corrected chi connectivity index (χ4v) is 5.21. The van der Waals surface area contributed by atoms with Gasteiger partial charge in [0, 0.05) is 27.8 Å². The lowest BCUT2D eigenvalue weighted by molar-refractivity contribution is 0.448. The summed E-state index contributed by atoms with van der Waals surface area (Å²) in [6.45, 7) is 12.7. The van der Waals surface area contributed by atoms with Crippen molar-refractivity contribution in [2.45, 2.75) is 48.5 Å². The Bertz CT molecular complexity index is 1340. The van der Waals surface area contributed by atoms with Gasteiger partial charge in [-0.25, -0.2) is 0 Å². The second-order valence-electron chi connectivity index (χ2n) is 9.88. The van der Waals surface area contributed by atoms with Crippen LogP contribution >= 0.6 is 0 Å². The van der Waals surface area contributed by atoms with Crippen LogP contribution in [-0.4, -0.2) is 25.5 Å². The van der Waals surface area contributed by atoms with E-state index in [4.69, 9.17) is 0 Å². The van der Waals surface area contributed by atoms with Gasteiger partial charge in [-0.05, 0) is 106 Å². The van der Waals surface area contributed by atoms with E-state index in [1.807, 2.05) is 39.0 Å². The minimum absolute atomic E-state index is 0.0101. The van der Waals surface area contributed by atoms with Crippen molar-refractivity contribution in [1.29, 1.82) is 0 Å². The molecule has 5 N–H and O–H groups in total. The number of rotatable bonds is 3. The molecule has 0 aliphatic rings. The van der Waals surface area contributed by atoms with E-state index < -0.39 is 0 Å². The maximum atomic E-state index is 11.7. The van der Waals surface area contributed by atoms with Gasteiger partial charge < -0.3 is 25.5 Å². The van der Waals surface area contributed by atoms with Gasteiger partial charge in [0.15, 0.2) is 0 Å². The lowest BCUT2D eigenvalue weighted by atomic mass is 9.83. The monoisotopic (exact) mass is 484 g/mol. The van der Waals surface area contributed by atoms with Crippen LogP contribution in [0.4, 0.5) is 0 Å². The summed E-state index contributed by atoms with van der Waals surface area (Å²) in [6.07, 6.45) is 0. The summed E-state index contributed by atoms with van der Waals surface area (Å²) in [5.41, 5.74) is 6.71. The first kappa shape index (κ1) is 25.0. The minimum Gasteiger partial charge on any atom is -0.507 e. The number of aryl methyl sites for hydroxylation is 6. The van der Waals surface area contributed by atoms with Gasteiger partial charge in [-0.3, -0.25) is 0 Å². The molecular formula is C31H32O5. The predicted octanol–water partition coefficient (Wildman–Crippen LogP) is 7.37. The van der Waals surface area contributed by atoms with Crippen LogP contribution in [0.25, 0.3) is 33.4 Å². The van der Waals surface area contributed by atoms with E-state index in [0.717, 1.165) is 16.7 Å². The summed E-state index contributed by atoms with van der Waals surface area (Å²) >= 11 is 0. The maximum Gasteiger partial charge on any atom is 0.135 e. The molecule has 0 spiro atoms. The van der Waals surface area contributed by atoms with Crippen LogP contribution in [0, 0.1) is 48.5 Å². The van der Waals surface area contributed by atoms with E-state index in [-0.39, 0.29) is 39.9 Å². The SMILES string of the molecule is Cc1cc(C)c(O)c(-c2c(C)c(-c3cc(C)cc(C)c3O)c(O)c(-c3cc(C)cc(C)c3O)c2O)c1. The standard InChI is InChI=1S/C31H32O5/c1-14-8-17(4)27(32)21(11-14)24-20(7)25(22-12-15(2)9-18(5)28(22)33)31(36)26(30(24)35)23-13-16(3)10-19(6)29(23)34/h8-13,32-36H,1-7H3. The molecule has 0 aromatic heterocycles. The summed E-state index contributed by atoms with van der Waals surface area (Å²) in [5, 5.41) is 56.4. The van der Waals surface area contributed by atoms with E-state index in [0.29, 0.717) is 44.5 Å². The molecule has 0 unspecified atom stereocenters. The Kier molecular flexibility index (Phi) is 6.13. The lowest BCUT2D eigenvalue weighted by Crippen LogP contribution is -1.98. The Balaban J connectivity index is 2.27. The molecule has 0 fully saturated rings. The number of hydrogen-bond donors (Lipinski definition) is 5. The van der Waals surface area contributed by atoms with Gasteiger partial charge >= 0.3 is 0 Å². The first-order valence-corrected chi connectivity index (χ1v) is 11.8. The van der Waals surface area contributed by atoms with Crippen LogP contribution in [0.1, 0.15) is 38.9 Å². The molecule has 0 aliphatic carbocycles. The first-order valence-electron chi connectivity index (χ1n) is 11.8. The van der Waals surface area contributed by atoms with Crippen molar-refractivity contribution in [3.8, 4) is 62.1 Å². The van der Waals surface area contributed by atoms with Gasteiger partial charge in [0.25, 0.3) is 0 Å². The van der Waals surface area contributed by atoms with E-state index >= 15 is 0 Å². The Morgan fingerprint density at radius 1 is 0.361 bits per heavy atom. The third-order valence-corrected chi connectivity index (χ3v) is 6.84. The molecule has 5 nitrogen and oxygen atoms in total. The number of phenols is 5. The quantitative estimate of drug-likeness (QED) is 0.209. The summed E-state index contributed by atoms with van der Waals surface area (Å²) < 4.78 is 0. The number of hydrogen-bond acceptors (Lipinski definition) is 5. The molecule has 0 atom stereocenters. The van der Waals surface area contributed by atoms with Gasteiger partial charge in [0.2, 0.25) is 0 Å². The molecule has 36 heavy (non-hydrogen) atoms. The van der Waals surface area contributed by atoms with E-state index in [1.165, 1.54) is 0 Å². The zero-order chi connectivity index (χ0) is 26.6. The van der Waals surface area contributed by atoms with Crippen molar-refractivity contribution >= 4 is 0 Å². The summed E-state index contributed by atoms with van der Waals surface area (Å²) in [5.74, 6) is -0.579. The van der Waals surface area contributed by atoms with Crippen molar-refractivity contribution in [3.63, 3.8) is 0 Å². The van der Waals surface area contributed by atoms with Gasteiger partial charge in [-0.15, -0.1) is 0 Å². The largest absolute Gasteiger partial charge is 0.507 e. The molecule has 0 heterocycles. The minimum atomic E-state index is -0.266. The van der Waals surface area contributed by atoms with Crippen LogP contribution in [-0.2, 0) is 0 Å². The molecular weight excluding hydrogens is 452 g/mol. The average Bonchev–Trinajstić information content (AvgIpc) is 2.77. The smallest absolute Gasteiger partial charge is 0.135 e. The zero-order valence-electron chi connectivity index (χ0n) is 21.7. The Labute approximate surface area is 211 Å². The molecule has 4 aromatic rings. The Hall–Kier alpha value is -4.12. The van der Waals surface area contributed by atoms with E-state index in [9.17, 15) is 25.5 Å². The predicted molar refractivity (Wildman–Crippen MR) is 144 cm³/mol. The fraction of sp³-hybridized carbons (Fsp3) is 0.226. The van der Waals surface area contributed by atoms with E-state index in [1.54, 1.807) is 45.9 Å². The molecule has 0 radical (unpaired) electrons. The topological polar surface area (TPSA) is 101 Å². The number of phenolic OH excluding ortho intramolecular Hbond substituents is 5. The van der Waals surface area contributed by atoms with Crippen molar-refractivity contribution in [1.82, 2.24) is 0 Å². The van der Waals surface area contributed by atoms with Crippen LogP contribution in [0.3, 0.4) is 0 Å². The van der Waals surface area contributed by atoms with Crippen molar-refractivity contribution in [2.75, 3.05) is 0 Å².